The van der Waals surface area contributed by atoms with Crippen molar-refractivity contribution in [1.82, 2.24) is 5.32 Å². The summed E-state index contributed by atoms with van der Waals surface area (Å²) < 4.78 is 5.63. The monoisotopic (exact) mass is 285 g/mol. The molecule has 2 atom stereocenters. The van der Waals surface area contributed by atoms with Crippen LogP contribution in [0.4, 0.5) is 0 Å². The fourth-order valence-electron chi connectivity index (χ4n) is 3.06. The smallest absolute Gasteiger partial charge is 0.128 e. The predicted octanol–water partition coefficient (Wildman–Crippen LogP) is 3.77. The van der Waals surface area contributed by atoms with E-state index < -0.39 is 0 Å². The van der Waals surface area contributed by atoms with E-state index in [2.05, 4.69) is 18.3 Å². The van der Waals surface area contributed by atoms with Crippen molar-refractivity contribution in [2.75, 3.05) is 13.2 Å². The Bertz CT molecular complexity index is 605. The number of nitrogens with one attached hydrogen (secondary N) is 1. The van der Waals surface area contributed by atoms with Gasteiger partial charge in [-0.1, -0.05) is 36.4 Å². The molecule has 3 rings (SSSR count). The van der Waals surface area contributed by atoms with E-state index in [-0.39, 0.29) is 6.04 Å². The third kappa shape index (κ3) is 3.20. The minimum absolute atomic E-state index is 0.135. The Kier molecular flexibility index (Phi) is 4.42. The van der Waals surface area contributed by atoms with Gasteiger partial charge in [0, 0.05) is 23.6 Å². The van der Waals surface area contributed by atoms with E-state index in [1.165, 1.54) is 12.8 Å². The third-order valence-corrected chi connectivity index (χ3v) is 4.34. The van der Waals surface area contributed by atoms with Gasteiger partial charge < -0.3 is 15.2 Å². The molecule has 2 aromatic carbocycles. The topological polar surface area (TPSA) is 41.5 Å². The molecule has 1 saturated heterocycles. The molecule has 1 aliphatic rings. The van der Waals surface area contributed by atoms with Crippen LogP contribution in [0.25, 0.3) is 10.8 Å². The van der Waals surface area contributed by atoms with E-state index >= 15 is 0 Å². The van der Waals surface area contributed by atoms with Gasteiger partial charge in [0.2, 0.25) is 0 Å². The Hall–Kier alpha value is -1.58. The van der Waals surface area contributed by atoms with Crippen LogP contribution in [0.5, 0.6) is 5.75 Å². The minimum Gasteiger partial charge on any atom is -0.507 e. The Morgan fingerprint density at radius 1 is 1.29 bits per heavy atom. The number of aromatic hydroxyl groups is 1. The summed E-state index contributed by atoms with van der Waals surface area (Å²) >= 11 is 0. The average molecular weight is 285 g/mol. The van der Waals surface area contributed by atoms with Gasteiger partial charge in [-0.2, -0.15) is 0 Å². The van der Waals surface area contributed by atoms with Crippen molar-refractivity contribution in [3.63, 3.8) is 0 Å². The number of benzene rings is 2. The van der Waals surface area contributed by atoms with Crippen LogP contribution in [0.2, 0.25) is 0 Å². The number of phenolic OH excluding ortho intramolecular Hbond substituents is 1. The van der Waals surface area contributed by atoms with Crippen LogP contribution in [-0.2, 0) is 4.74 Å². The second-order valence-corrected chi connectivity index (χ2v) is 5.82. The first kappa shape index (κ1) is 14.4. The molecule has 0 aromatic heterocycles. The van der Waals surface area contributed by atoms with Gasteiger partial charge in [0.15, 0.2) is 0 Å². The van der Waals surface area contributed by atoms with Crippen molar-refractivity contribution in [2.24, 2.45) is 0 Å². The second kappa shape index (κ2) is 6.46. The zero-order valence-corrected chi connectivity index (χ0v) is 12.5. The highest BCUT2D eigenvalue weighted by molar-refractivity contribution is 5.89. The first-order valence-corrected chi connectivity index (χ1v) is 7.81. The molecule has 0 spiro atoms. The maximum atomic E-state index is 10.5. The lowest BCUT2D eigenvalue weighted by Crippen LogP contribution is -2.23. The zero-order chi connectivity index (χ0) is 14.7. The fourth-order valence-corrected chi connectivity index (χ4v) is 3.06. The standard InChI is InChI=1S/C18H23NO2/c1-13(19-11-10-15-6-4-12-21-15)16-9-8-14-5-2-3-7-17(14)18(16)20/h2-3,5,7-9,13,15,19-20H,4,6,10-12H2,1H3. The summed E-state index contributed by atoms with van der Waals surface area (Å²) in [5.41, 5.74) is 0.959. The molecule has 0 aliphatic carbocycles. The van der Waals surface area contributed by atoms with Crippen LogP contribution in [-0.4, -0.2) is 24.4 Å². The quantitative estimate of drug-likeness (QED) is 0.878. The molecule has 2 N–H and O–H groups in total. The molecular formula is C18H23NO2. The highest BCUT2D eigenvalue weighted by atomic mass is 16.5. The first-order valence-electron chi connectivity index (χ1n) is 7.81. The summed E-state index contributed by atoms with van der Waals surface area (Å²) in [6.07, 6.45) is 3.82. The molecule has 3 nitrogen and oxygen atoms in total. The van der Waals surface area contributed by atoms with Crippen molar-refractivity contribution < 1.29 is 9.84 Å². The molecule has 1 heterocycles. The number of rotatable bonds is 5. The van der Waals surface area contributed by atoms with Gasteiger partial charge in [-0.3, -0.25) is 0 Å². The maximum absolute atomic E-state index is 10.5. The number of hydrogen-bond donors (Lipinski definition) is 2. The number of ether oxygens (including phenoxy) is 1. The van der Waals surface area contributed by atoms with E-state index in [1.807, 2.05) is 30.3 Å². The molecule has 1 fully saturated rings. The zero-order valence-electron chi connectivity index (χ0n) is 12.5. The summed E-state index contributed by atoms with van der Waals surface area (Å²) in [5, 5.41) is 16.0. The predicted molar refractivity (Wildman–Crippen MR) is 85.6 cm³/mol. The van der Waals surface area contributed by atoms with Crippen molar-refractivity contribution in [3.8, 4) is 5.75 Å². The number of fused-ring (bicyclic) bond motifs is 1. The Morgan fingerprint density at radius 3 is 2.95 bits per heavy atom. The van der Waals surface area contributed by atoms with Crippen LogP contribution in [0.1, 0.15) is 37.8 Å². The van der Waals surface area contributed by atoms with E-state index in [0.29, 0.717) is 11.9 Å². The highest BCUT2D eigenvalue weighted by Crippen LogP contribution is 2.32. The molecule has 0 saturated carbocycles. The average Bonchev–Trinajstić information content (AvgIpc) is 3.01. The van der Waals surface area contributed by atoms with Crippen LogP contribution in [0.15, 0.2) is 36.4 Å². The summed E-state index contributed by atoms with van der Waals surface area (Å²) in [6, 6.07) is 12.2. The van der Waals surface area contributed by atoms with Crippen molar-refractivity contribution >= 4 is 10.8 Å². The molecule has 3 heteroatoms. The molecule has 0 bridgehead atoms. The Labute approximate surface area is 125 Å². The van der Waals surface area contributed by atoms with Gasteiger partial charge in [0.1, 0.15) is 5.75 Å². The minimum atomic E-state index is 0.135. The highest BCUT2D eigenvalue weighted by Gasteiger charge is 2.16. The summed E-state index contributed by atoms with van der Waals surface area (Å²) in [6.45, 7) is 3.92. The molecule has 0 amide bonds. The van der Waals surface area contributed by atoms with Crippen LogP contribution < -0.4 is 5.32 Å². The van der Waals surface area contributed by atoms with Crippen LogP contribution >= 0.6 is 0 Å². The molecule has 112 valence electrons. The Morgan fingerprint density at radius 2 is 2.14 bits per heavy atom. The normalized spacial score (nSPS) is 20.0. The number of hydrogen-bond acceptors (Lipinski definition) is 3. The fraction of sp³-hybridized carbons (Fsp3) is 0.444. The molecule has 21 heavy (non-hydrogen) atoms. The Balaban J connectivity index is 1.66. The molecule has 1 aliphatic heterocycles. The van der Waals surface area contributed by atoms with Gasteiger partial charge in [0.05, 0.1) is 6.10 Å². The van der Waals surface area contributed by atoms with E-state index in [9.17, 15) is 5.11 Å². The maximum Gasteiger partial charge on any atom is 0.128 e. The molecule has 2 aromatic rings. The van der Waals surface area contributed by atoms with Crippen molar-refractivity contribution in [2.45, 2.75) is 38.3 Å². The number of phenols is 1. The first-order chi connectivity index (χ1) is 10.3. The summed E-state index contributed by atoms with van der Waals surface area (Å²) in [4.78, 5) is 0. The summed E-state index contributed by atoms with van der Waals surface area (Å²) in [7, 11) is 0. The van der Waals surface area contributed by atoms with Crippen LogP contribution in [0.3, 0.4) is 0 Å². The lowest BCUT2D eigenvalue weighted by Gasteiger charge is -2.18. The van der Waals surface area contributed by atoms with E-state index in [0.717, 1.165) is 35.9 Å². The second-order valence-electron chi connectivity index (χ2n) is 5.82. The van der Waals surface area contributed by atoms with Gasteiger partial charge in [0.25, 0.3) is 0 Å². The molecule has 2 unspecified atom stereocenters. The van der Waals surface area contributed by atoms with Gasteiger partial charge >= 0.3 is 0 Å². The van der Waals surface area contributed by atoms with Gasteiger partial charge in [-0.25, -0.2) is 0 Å². The SMILES string of the molecule is CC(NCCC1CCCO1)c1ccc2ccccc2c1O. The molecule has 0 radical (unpaired) electrons. The van der Waals surface area contributed by atoms with Gasteiger partial charge in [-0.05, 0) is 38.1 Å². The lowest BCUT2D eigenvalue weighted by molar-refractivity contribution is 0.103. The third-order valence-electron chi connectivity index (χ3n) is 4.34. The summed E-state index contributed by atoms with van der Waals surface area (Å²) in [5.74, 6) is 0.394. The van der Waals surface area contributed by atoms with Crippen molar-refractivity contribution in [1.29, 1.82) is 0 Å². The van der Waals surface area contributed by atoms with E-state index in [1.54, 1.807) is 0 Å². The largest absolute Gasteiger partial charge is 0.507 e. The lowest BCUT2D eigenvalue weighted by atomic mass is 10.0. The van der Waals surface area contributed by atoms with E-state index in [4.69, 9.17) is 4.74 Å². The van der Waals surface area contributed by atoms with Crippen molar-refractivity contribution in [3.05, 3.63) is 42.0 Å². The molecular weight excluding hydrogens is 262 g/mol. The van der Waals surface area contributed by atoms with Crippen LogP contribution in [0, 0.1) is 0 Å². The van der Waals surface area contributed by atoms with Gasteiger partial charge in [-0.15, -0.1) is 0 Å².